The summed E-state index contributed by atoms with van der Waals surface area (Å²) in [6, 6.07) is 16.6. The minimum absolute atomic E-state index is 0.0332. The molecule has 3 aliphatic rings. The molecule has 6 bridgehead atoms. The summed E-state index contributed by atoms with van der Waals surface area (Å²) in [5, 5.41) is 15.6. The van der Waals surface area contributed by atoms with E-state index in [2.05, 4.69) is 56.0 Å². The molecule has 2 aromatic carbocycles. The fourth-order valence-corrected chi connectivity index (χ4v) is 6.57. The number of hydrogen-bond acceptors (Lipinski definition) is 7. The third kappa shape index (κ3) is 6.62. The number of nitrogens with zero attached hydrogens (tertiary/aromatic N) is 4. The molecule has 0 unspecified atom stereocenters. The van der Waals surface area contributed by atoms with Crippen molar-refractivity contribution in [2.24, 2.45) is 0 Å². The maximum atomic E-state index is 12.8. The van der Waals surface area contributed by atoms with E-state index < -0.39 is 17.7 Å². The number of ether oxygens (including phenoxy) is 3. The third-order valence-electron chi connectivity index (χ3n) is 9.02. The van der Waals surface area contributed by atoms with Gasteiger partial charge < -0.3 is 24.2 Å². The van der Waals surface area contributed by atoms with Gasteiger partial charge in [0.15, 0.2) is 11.8 Å². The lowest BCUT2D eigenvalue weighted by Crippen LogP contribution is -2.46. The predicted octanol–water partition coefficient (Wildman–Crippen LogP) is 7.56. The zero-order valence-corrected chi connectivity index (χ0v) is 28.1. The van der Waals surface area contributed by atoms with E-state index in [4.69, 9.17) is 24.3 Å². The molecule has 0 spiro atoms. The molecule has 5 heterocycles. The van der Waals surface area contributed by atoms with E-state index in [0.717, 1.165) is 59.4 Å². The van der Waals surface area contributed by atoms with E-state index >= 15 is 0 Å². The number of carbonyl (C=O) groups is 1. The Balaban J connectivity index is 1.55. The van der Waals surface area contributed by atoms with Crippen molar-refractivity contribution in [1.82, 2.24) is 14.6 Å². The minimum atomic E-state index is -1.21. The summed E-state index contributed by atoms with van der Waals surface area (Å²) in [6.07, 6.45) is 2.19. The molecule has 3 aliphatic heterocycles. The first kappa shape index (κ1) is 32.0. The van der Waals surface area contributed by atoms with Crippen LogP contribution in [-0.4, -0.2) is 62.7 Å². The largest absolute Gasteiger partial charge is 0.490 e. The van der Waals surface area contributed by atoms with E-state index in [0.29, 0.717) is 42.4 Å². The lowest BCUT2D eigenvalue weighted by atomic mass is 9.92. The molecule has 2 atom stereocenters. The molecule has 9 heteroatoms. The van der Waals surface area contributed by atoms with E-state index in [9.17, 15) is 9.90 Å². The van der Waals surface area contributed by atoms with Crippen molar-refractivity contribution in [3.05, 3.63) is 65.4 Å². The quantitative estimate of drug-likeness (QED) is 0.249. The van der Waals surface area contributed by atoms with Gasteiger partial charge in [0.2, 0.25) is 0 Å². The van der Waals surface area contributed by atoms with Crippen LogP contribution in [0.15, 0.2) is 48.5 Å². The van der Waals surface area contributed by atoms with Gasteiger partial charge in [0.25, 0.3) is 0 Å². The van der Waals surface area contributed by atoms with Gasteiger partial charge in [0.1, 0.15) is 11.6 Å². The Bertz CT molecular complexity index is 1750. The molecule has 0 saturated carbocycles. The normalized spacial score (nSPS) is 21.3. The molecule has 9 nitrogen and oxygen atoms in total. The summed E-state index contributed by atoms with van der Waals surface area (Å²) in [7, 11) is 0. The number of fused-ring (bicyclic) bond motifs is 7. The number of piperidine rings is 1. The molecule has 1 fully saturated rings. The number of benzene rings is 2. The van der Waals surface area contributed by atoms with Crippen LogP contribution in [0.2, 0.25) is 0 Å². The van der Waals surface area contributed by atoms with Crippen LogP contribution >= 0.6 is 0 Å². The van der Waals surface area contributed by atoms with Crippen LogP contribution in [0.25, 0.3) is 28.0 Å². The number of carboxylic acids is 1. The van der Waals surface area contributed by atoms with Crippen LogP contribution in [0, 0.1) is 13.8 Å². The van der Waals surface area contributed by atoms with Gasteiger partial charge in [-0.1, -0.05) is 29.8 Å². The average Bonchev–Trinajstić information content (AvgIpc) is 3.42. The molecule has 0 amide bonds. The number of aliphatic carboxylic acids is 1. The van der Waals surface area contributed by atoms with Crippen molar-refractivity contribution in [2.45, 2.75) is 97.6 Å². The lowest BCUT2D eigenvalue weighted by Gasteiger charge is -2.41. The van der Waals surface area contributed by atoms with Gasteiger partial charge in [-0.3, -0.25) is 0 Å². The molecule has 0 radical (unpaired) electrons. The molecule has 1 saturated heterocycles. The lowest BCUT2D eigenvalue weighted by molar-refractivity contribution is -0.160. The van der Waals surface area contributed by atoms with Gasteiger partial charge in [-0.2, -0.15) is 9.61 Å². The van der Waals surface area contributed by atoms with E-state index in [-0.39, 0.29) is 11.7 Å². The Kier molecular flexibility index (Phi) is 8.59. The first-order valence-corrected chi connectivity index (χ1v) is 16.4. The topological polar surface area (TPSA) is 98.4 Å². The number of carboxylic acid groups (broad SMARTS) is 1. The van der Waals surface area contributed by atoms with Crippen LogP contribution in [0.3, 0.4) is 0 Å². The highest BCUT2D eigenvalue weighted by atomic mass is 16.5. The third-order valence-corrected chi connectivity index (χ3v) is 9.02. The first-order valence-electron chi connectivity index (χ1n) is 16.4. The highest BCUT2D eigenvalue weighted by Gasteiger charge is 2.38. The molecule has 46 heavy (non-hydrogen) atoms. The number of hydrogen-bond donors (Lipinski definition) is 1. The Morgan fingerprint density at radius 1 is 1.09 bits per heavy atom. The van der Waals surface area contributed by atoms with Gasteiger partial charge in [-0.05, 0) is 97.9 Å². The Labute approximate surface area is 271 Å². The maximum absolute atomic E-state index is 12.8. The molecular formula is C37H46N4O5. The number of aryl methyl sites for hydroxylation is 2. The monoisotopic (exact) mass is 626 g/mol. The zero-order chi connectivity index (χ0) is 32.8. The number of aromatic nitrogens is 3. The van der Waals surface area contributed by atoms with Crippen LogP contribution in [0.4, 0.5) is 5.82 Å². The molecular weight excluding hydrogens is 580 g/mol. The summed E-state index contributed by atoms with van der Waals surface area (Å²) >= 11 is 0. The highest BCUT2D eigenvalue weighted by molar-refractivity contribution is 5.80. The second kappa shape index (κ2) is 12.3. The van der Waals surface area contributed by atoms with E-state index in [1.54, 1.807) is 0 Å². The van der Waals surface area contributed by atoms with E-state index in [1.165, 1.54) is 0 Å². The molecule has 0 aliphatic carbocycles. The van der Waals surface area contributed by atoms with Crippen molar-refractivity contribution in [3.8, 4) is 28.1 Å². The standard InChI is InChI=1S/C37H46N4O5/c1-23-13-14-30-28(20-23)26-11-8-12-27(21-26)29-22-31-38-25(3)32(33(35(42)43)46-36(4,5)6)34(41(31)39-29)40-17-15-37(7,16-18-40)44-19-9-10-24(2)45-30/h8,11-14,20-22,24,33H,9-10,15-19H2,1-7H3,(H,42,43)/t24-,33+/m1/s1. The van der Waals surface area contributed by atoms with Crippen molar-refractivity contribution < 1.29 is 24.1 Å². The van der Waals surface area contributed by atoms with Crippen molar-refractivity contribution in [1.29, 1.82) is 0 Å². The summed E-state index contributed by atoms with van der Waals surface area (Å²) < 4.78 is 21.1. The minimum Gasteiger partial charge on any atom is -0.490 e. The van der Waals surface area contributed by atoms with Crippen molar-refractivity contribution in [3.63, 3.8) is 0 Å². The predicted molar refractivity (Wildman–Crippen MR) is 180 cm³/mol. The average molecular weight is 627 g/mol. The second-order valence-electron chi connectivity index (χ2n) is 14.1. The van der Waals surface area contributed by atoms with Crippen LogP contribution < -0.4 is 9.64 Å². The van der Waals surface area contributed by atoms with Crippen LogP contribution in [0.1, 0.15) is 83.2 Å². The number of rotatable bonds is 3. The SMILES string of the molecule is Cc1ccc2c(c1)-c1cccc(c1)-c1cc3nc(C)c([C@H](OC(C)(C)C)C(=O)O)c(n3n1)N1CCC(C)(CC1)OCCC[C@@H](C)O2. The molecule has 4 aromatic rings. The van der Waals surface area contributed by atoms with Crippen LogP contribution in [0.5, 0.6) is 5.75 Å². The fraction of sp³-hybridized carbons (Fsp3) is 0.486. The zero-order valence-electron chi connectivity index (χ0n) is 28.1. The van der Waals surface area contributed by atoms with Gasteiger partial charge in [-0.25, -0.2) is 9.78 Å². The Hall–Kier alpha value is -3.95. The summed E-state index contributed by atoms with van der Waals surface area (Å²) in [5.74, 6) is 0.511. The summed E-state index contributed by atoms with van der Waals surface area (Å²) in [6.45, 7) is 15.9. The molecule has 2 aromatic heterocycles. The van der Waals surface area contributed by atoms with Gasteiger partial charge >= 0.3 is 5.97 Å². The highest BCUT2D eigenvalue weighted by Crippen LogP contribution is 2.39. The maximum Gasteiger partial charge on any atom is 0.337 e. The van der Waals surface area contributed by atoms with Crippen molar-refractivity contribution in [2.75, 3.05) is 24.6 Å². The van der Waals surface area contributed by atoms with Gasteiger partial charge in [0.05, 0.1) is 28.6 Å². The van der Waals surface area contributed by atoms with Gasteiger partial charge in [-0.15, -0.1) is 0 Å². The van der Waals surface area contributed by atoms with Gasteiger partial charge in [0, 0.05) is 42.6 Å². The smallest absolute Gasteiger partial charge is 0.337 e. The Morgan fingerprint density at radius 3 is 2.54 bits per heavy atom. The van der Waals surface area contributed by atoms with Crippen molar-refractivity contribution >= 4 is 17.4 Å². The molecule has 244 valence electrons. The Morgan fingerprint density at radius 2 is 1.83 bits per heavy atom. The fourth-order valence-electron chi connectivity index (χ4n) is 6.57. The summed E-state index contributed by atoms with van der Waals surface area (Å²) in [5.41, 5.74) is 5.74. The molecule has 7 rings (SSSR count). The van der Waals surface area contributed by atoms with Crippen LogP contribution in [-0.2, 0) is 14.3 Å². The van der Waals surface area contributed by atoms with E-state index in [1.807, 2.05) is 50.4 Å². The number of anilines is 1. The first-order chi connectivity index (χ1) is 21.8. The summed E-state index contributed by atoms with van der Waals surface area (Å²) in [4.78, 5) is 19.9. The molecule has 1 N–H and O–H groups in total. The second-order valence-corrected chi connectivity index (χ2v) is 14.1.